The summed E-state index contributed by atoms with van der Waals surface area (Å²) in [4.78, 5) is 2.42. The van der Waals surface area contributed by atoms with Crippen LogP contribution in [0.1, 0.15) is 37.8 Å². The van der Waals surface area contributed by atoms with E-state index in [1.807, 2.05) is 6.92 Å². The summed E-state index contributed by atoms with van der Waals surface area (Å²) in [6, 6.07) is 4.34. The molecule has 1 aliphatic carbocycles. The first-order valence-electron chi connectivity index (χ1n) is 8.08. The zero-order valence-electron chi connectivity index (χ0n) is 12.6. The fourth-order valence-corrected chi connectivity index (χ4v) is 4.05. The van der Waals surface area contributed by atoms with Crippen LogP contribution >= 0.6 is 0 Å². The zero-order chi connectivity index (χ0) is 14.8. The highest BCUT2D eigenvalue weighted by atomic mass is 19.2. The van der Waals surface area contributed by atoms with E-state index in [4.69, 9.17) is 0 Å². The topological polar surface area (TPSA) is 15.3 Å². The van der Waals surface area contributed by atoms with Gasteiger partial charge in [-0.1, -0.05) is 25.5 Å². The second-order valence-electron chi connectivity index (χ2n) is 6.42. The Morgan fingerprint density at radius 1 is 1.24 bits per heavy atom. The van der Waals surface area contributed by atoms with Crippen molar-refractivity contribution in [1.29, 1.82) is 0 Å². The summed E-state index contributed by atoms with van der Waals surface area (Å²) in [5, 5.41) is 3.31. The lowest BCUT2D eigenvalue weighted by molar-refractivity contribution is 0.270. The van der Waals surface area contributed by atoms with Gasteiger partial charge in [0.25, 0.3) is 0 Å². The Hall–Kier alpha value is -1.00. The lowest BCUT2D eigenvalue weighted by atomic mass is 10.0. The number of halogens is 2. The molecule has 0 spiro atoms. The van der Waals surface area contributed by atoms with Gasteiger partial charge in [-0.05, 0) is 37.3 Å². The third-order valence-electron chi connectivity index (χ3n) is 5.05. The Bertz CT molecular complexity index is 480. The molecule has 2 fully saturated rings. The highest BCUT2D eigenvalue weighted by Gasteiger charge is 2.36. The Kier molecular flexibility index (Phi) is 4.55. The van der Waals surface area contributed by atoms with Crippen LogP contribution in [-0.4, -0.2) is 31.1 Å². The molecular weight excluding hydrogens is 270 g/mol. The molecule has 0 amide bonds. The van der Waals surface area contributed by atoms with E-state index >= 15 is 0 Å². The monoisotopic (exact) mass is 294 g/mol. The number of nitrogens with one attached hydrogen (secondary N) is 1. The number of nitrogens with zero attached hydrogens (tertiary/aromatic N) is 1. The molecule has 1 saturated heterocycles. The molecule has 1 aliphatic heterocycles. The Balaban J connectivity index is 1.71. The van der Waals surface area contributed by atoms with Gasteiger partial charge in [0.05, 0.1) is 0 Å². The van der Waals surface area contributed by atoms with Gasteiger partial charge in [0.15, 0.2) is 11.6 Å². The van der Waals surface area contributed by atoms with Gasteiger partial charge in [-0.2, -0.15) is 0 Å². The summed E-state index contributed by atoms with van der Waals surface area (Å²) in [5.41, 5.74) is 0.453. The lowest BCUT2D eigenvalue weighted by Gasteiger charge is -2.25. The summed E-state index contributed by atoms with van der Waals surface area (Å²) < 4.78 is 27.5. The maximum atomic E-state index is 14.0. The molecule has 0 aromatic heterocycles. The number of likely N-dealkylation sites (tertiary alicyclic amines) is 1. The standard InChI is InChI=1S/C17H24F2N2/c1-2-20-16(14-7-4-8-15(18)17(14)19)11-21-9-12-5-3-6-13(12)10-21/h4,7-8,12-13,16,20H,2-3,5-6,9-11H2,1H3. The number of hydrogen-bond acceptors (Lipinski definition) is 2. The summed E-state index contributed by atoms with van der Waals surface area (Å²) in [6.45, 7) is 5.75. The SMILES string of the molecule is CCNC(CN1CC2CCCC2C1)c1cccc(F)c1F. The second-order valence-corrected chi connectivity index (χ2v) is 6.42. The number of hydrogen-bond donors (Lipinski definition) is 1. The average molecular weight is 294 g/mol. The van der Waals surface area contributed by atoms with Gasteiger partial charge >= 0.3 is 0 Å². The Morgan fingerprint density at radius 2 is 1.95 bits per heavy atom. The van der Waals surface area contributed by atoms with Gasteiger partial charge in [-0.3, -0.25) is 0 Å². The summed E-state index contributed by atoms with van der Waals surface area (Å²) >= 11 is 0. The van der Waals surface area contributed by atoms with Crippen LogP contribution in [0.5, 0.6) is 0 Å². The molecule has 2 aliphatic rings. The van der Waals surface area contributed by atoms with Crippen LogP contribution in [0.3, 0.4) is 0 Å². The van der Waals surface area contributed by atoms with E-state index in [-0.39, 0.29) is 6.04 Å². The van der Waals surface area contributed by atoms with Crippen LogP contribution in [0.25, 0.3) is 0 Å². The van der Waals surface area contributed by atoms with Gasteiger partial charge in [-0.25, -0.2) is 8.78 Å². The average Bonchev–Trinajstić information content (AvgIpc) is 3.02. The molecule has 3 atom stereocenters. The molecule has 1 heterocycles. The predicted molar refractivity (Wildman–Crippen MR) is 80.0 cm³/mol. The molecular formula is C17H24F2N2. The van der Waals surface area contributed by atoms with Crippen LogP contribution in [-0.2, 0) is 0 Å². The molecule has 1 saturated carbocycles. The fourth-order valence-electron chi connectivity index (χ4n) is 4.05. The van der Waals surface area contributed by atoms with Gasteiger partial charge in [0, 0.05) is 31.2 Å². The maximum Gasteiger partial charge on any atom is 0.163 e. The van der Waals surface area contributed by atoms with E-state index in [2.05, 4.69) is 10.2 Å². The minimum Gasteiger partial charge on any atom is -0.309 e. The number of benzene rings is 1. The van der Waals surface area contributed by atoms with E-state index in [0.717, 1.165) is 38.0 Å². The first kappa shape index (κ1) is 14.9. The van der Waals surface area contributed by atoms with Gasteiger partial charge in [-0.15, -0.1) is 0 Å². The molecule has 1 aromatic carbocycles. The zero-order valence-corrected chi connectivity index (χ0v) is 12.6. The Labute approximate surface area is 125 Å². The number of fused-ring (bicyclic) bond motifs is 1. The molecule has 116 valence electrons. The maximum absolute atomic E-state index is 14.0. The van der Waals surface area contributed by atoms with Crippen molar-refractivity contribution < 1.29 is 8.78 Å². The van der Waals surface area contributed by atoms with Crippen LogP contribution in [0.4, 0.5) is 8.78 Å². The largest absolute Gasteiger partial charge is 0.309 e. The normalized spacial score (nSPS) is 27.0. The van der Waals surface area contributed by atoms with Crippen molar-refractivity contribution in [2.75, 3.05) is 26.2 Å². The van der Waals surface area contributed by atoms with Crippen LogP contribution in [0.15, 0.2) is 18.2 Å². The van der Waals surface area contributed by atoms with Crippen LogP contribution in [0, 0.1) is 23.5 Å². The van der Waals surface area contributed by atoms with Crippen LogP contribution < -0.4 is 5.32 Å². The molecule has 4 heteroatoms. The number of likely N-dealkylation sites (N-methyl/N-ethyl adjacent to an activating group) is 1. The van der Waals surface area contributed by atoms with Crippen molar-refractivity contribution in [1.82, 2.24) is 10.2 Å². The molecule has 1 aromatic rings. The molecule has 21 heavy (non-hydrogen) atoms. The van der Waals surface area contributed by atoms with Crippen molar-refractivity contribution >= 4 is 0 Å². The van der Waals surface area contributed by atoms with Crippen molar-refractivity contribution in [3.05, 3.63) is 35.4 Å². The third-order valence-corrected chi connectivity index (χ3v) is 5.05. The first-order chi connectivity index (χ1) is 10.2. The van der Waals surface area contributed by atoms with Gasteiger partial charge in [0.1, 0.15) is 0 Å². The summed E-state index contributed by atoms with van der Waals surface area (Å²) in [5.74, 6) is 0.186. The minimum atomic E-state index is -0.756. The first-order valence-corrected chi connectivity index (χ1v) is 8.08. The summed E-state index contributed by atoms with van der Waals surface area (Å²) in [6.07, 6.45) is 4.03. The molecule has 1 N–H and O–H groups in total. The molecule has 0 radical (unpaired) electrons. The van der Waals surface area contributed by atoms with Crippen molar-refractivity contribution in [2.45, 2.75) is 32.2 Å². The molecule has 3 unspecified atom stereocenters. The van der Waals surface area contributed by atoms with E-state index in [0.29, 0.717) is 5.56 Å². The molecule has 3 rings (SSSR count). The van der Waals surface area contributed by atoms with E-state index in [1.54, 1.807) is 12.1 Å². The van der Waals surface area contributed by atoms with Crippen molar-refractivity contribution in [2.24, 2.45) is 11.8 Å². The van der Waals surface area contributed by atoms with E-state index in [9.17, 15) is 8.78 Å². The third kappa shape index (κ3) is 3.11. The highest BCUT2D eigenvalue weighted by molar-refractivity contribution is 5.23. The predicted octanol–water partition coefficient (Wildman–Crippen LogP) is 3.35. The fraction of sp³-hybridized carbons (Fsp3) is 0.647. The van der Waals surface area contributed by atoms with Crippen molar-refractivity contribution in [3.8, 4) is 0 Å². The smallest absolute Gasteiger partial charge is 0.163 e. The number of rotatable bonds is 5. The van der Waals surface area contributed by atoms with Crippen molar-refractivity contribution in [3.63, 3.8) is 0 Å². The van der Waals surface area contributed by atoms with Gasteiger partial charge < -0.3 is 10.2 Å². The summed E-state index contributed by atoms with van der Waals surface area (Å²) in [7, 11) is 0. The van der Waals surface area contributed by atoms with Crippen LogP contribution in [0.2, 0.25) is 0 Å². The Morgan fingerprint density at radius 3 is 2.62 bits per heavy atom. The van der Waals surface area contributed by atoms with E-state index < -0.39 is 11.6 Å². The highest BCUT2D eigenvalue weighted by Crippen LogP contribution is 2.38. The van der Waals surface area contributed by atoms with E-state index in [1.165, 1.54) is 25.3 Å². The molecule has 0 bridgehead atoms. The minimum absolute atomic E-state index is 0.135. The lowest BCUT2D eigenvalue weighted by Crippen LogP contribution is -2.35. The molecule has 2 nitrogen and oxygen atoms in total. The second kappa shape index (κ2) is 6.41. The quantitative estimate of drug-likeness (QED) is 0.896. The van der Waals surface area contributed by atoms with Gasteiger partial charge in [0.2, 0.25) is 0 Å².